The summed E-state index contributed by atoms with van der Waals surface area (Å²) >= 11 is 0. The maximum atomic E-state index is 11.9. The number of nitrogens with one attached hydrogen (secondary N) is 1. The van der Waals surface area contributed by atoms with Crippen LogP contribution in [0.3, 0.4) is 0 Å². The van der Waals surface area contributed by atoms with Crippen LogP contribution in [0, 0.1) is 0 Å². The molecule has 0 radical (unpaired) electrons. The zero-order valence-corrected chi connectivity index (χ0v) is 10.9. The van der Waals surface area contributed by atoms with Gasteiger partial charge in [-0.15, -0.1) is 0 Å². The first-order valence-corrected chi connectivity index (χ1v) is 6.07. The number of rotatable bonds is 4. The van der Waals surface area contributed by atoms with Gasteiger partial charge in [0.25, 0.3) is 0 Å². The summed E-state index contributed by atoms with van der Waals surface area (Å²) in [4.78, 5) is 15.0. The first-order valence-electron chi connectivity index (χ1n) is 6.07. The van der Waals surface area contributed by atoms with Crippen LogP contribution in [0.1, 0.15) is 29.9 Å². The van der Waals surface area contributed by atoms with E-state index in [9.17, 15) is 4.79 Å². The van der Waals surface area contributed by atoms with Crippen molar-refractivity contribution in [2.45, 2.75) is 20.3 Å². The Kier molecular flexibility index (Phi) is 3.55. The van der Waals surface area contributed by atoms with Crippen LogP contribution in [0.15, 0.2) is 18.2 Å². The first kappa shape index (κ1) is 12.5. The topological polar surface area (TPSA) is 51.3 Å². The summed E-state index contributed by atoms with van der Waals surface area (Å²) in [5.41, 5.74) is 2.35. The van der Waals surface area contributed by atoms with E-state index in [1.807, 2.05) is 25.1 Å². The molecule has 0 amide bonds. The number of H-pyrrole nitrogens is 1. The third-order valence-corrected chi connectivity index (χ3v) is 2.96. The van der Waals surface area contributed by atoms with Crippen molar-refractivity contribution in [2.24, 2.45) is 0 Å². The van der Waals surface area contributed by atoms with Gasteiger partial charge in [0.05, 0.1) is 19.2 Å². The van der Waals surface area contributed by atoms with Crippen molar-refractivity contribution in [1.29, 1.82) is 0 Å². The second-order valence-corrected chi connectivity index (χ2v) is 3.94. The lowest BCUT2D eigenvalue weighted by atomic mass is 10.1. The molecule has 0 unspecified atom stereocenters. The third-order valence-electron chi connectivity index (χ3n) is 2.96. The Morgan fingerprint density at radius 1 is 1.33 bits per heavy atom. The molecule has 1 N–H and O–H groups in total. The molecule has 1 aromatic carbocycles. The Morgan fingerprint density at radius 2 is 2.11 bits per heavy atom. The van der Waals surface area contributed by atoms with Crippen molar-refractivity contribution in [2.75, 3.05) is 13.7 Å². The fraction of sp³-hybridized carbons (Fsp3) is 0.357. The maximum absolute atomic E-state index is 11.9. The van der Waals surface area contributed by atoms with Crippen LogP contribution in [0.4, 0.5) is 0 Å². The van der Waals surface area contributed by atoms with Gasteiger partial charge in [0.2, 0.25) is 0 Å². The van der Waals surface area contributed by atoms with Crippen LogP contribution >= 0.6 is 0 Å². The van der Waals surface area contributed by atoms with E-state index in [1.165, 1.54) is 0 Å². The molecule has 0 saturated carbocycles. The first-order chi connectivity index (χ1) is 8.72. The number of aromatic nitrogens is 1. The van der Waals surface area contributed by atoms with Crippen LogP contribution in [-0.2, 0) is 11.2 Å². The van der Waals surface area contributed by atoms with E-state index in [0.29, 0.717) is 12.3 Å². The van der Waals surface area contributed by atoms with E-state index in [0.717, 1.165) is 28.6 Å². The summed E-state index contributed by atoms with van der Waals surface area (Å²) in [5, 5.41) is 1.01. The SMILES string of the molecule is CCOC(=O)c1[nH]c2c(OC)cccc2c1CC. The molecule has 0 atom stereocenters. The largest absolute Gasteiger partial charge is 0.495 e. The molecule has 0 saturated heterocycles. The summed E-state index contributed by atoms with van der Waals surface area (Å²) in [5.74, 6) is 0.422. The molecule has 0 fully saturated rings. The molecule has 96 valence electrons. The fourth-order valence-corrected chi connectivity index (χ4v) is 2.16. The van der Waals surface area contributed by atoms with Gasteiger partial charge in [-0.05, 0) is 25.0 Å². The van der Waals surface area contributed by atoms with Crippen molar-refractivity contribution in [3.63, 3.8) is 0 Å². The van der Waals surface area contributed by atoms with Gasteiger partial charge in [-0.3, -0.25) is 0 Å². The molecule has 0 aliphatic heterocycles. The third kappa shape index (κ3) is 1.94. The maximum Gasteiger partial charge on any atom is 0.355 e. The number of para-hydroxylation sites is 1. The number of carbonyl (C=O) groups is 1. The number of esters is 1. The number of hydrogen-bond donors (Lipinski definition) is 1. The zero-order valence-electron chi connectivity index (χ0n) is 10.9. The number of carbonyl (C=O) groups excluding carboxylic acids is 1. The van der Waals surface area contributed by atoms with Crippen LogP contribution in [-0.4, -0.2) is 24.7 Å². The van der Waals surface area contributed by atoms with Gasteiger partial charge in [-0.2, -0.15) is 0 Å². The van der Waals surface area contributed by atoms with Crippen molar-refractivity contribution in [3.8, 4) is 5.75 Å². The molecule has 0 bridgehead atoms. The fourth-order valence-electron chi connectivity index (χ4n) is 2.16. The Morgan fingerprint density at radius 3 is 2.72 bits per heavy atom. The molecule has 0 aliphatic rings. The molecule has 4 heteroatoms. The van der Waals surface area contributed by atoms with Gasteiger partial charge in [0, 0.05) is 5.39 Å². The number of aryl methyl sites for hydroxylation is 1. The molecule has 4 nitrogen and oxygen atoms in total. The Balaban J connectivity index is 2.64. The second kappa shape index (κ2) is 5.12. The Labute approximate surface area is 106 Å². The Hall–Kier alpha value is -1.97. The van der Waals surface area contributed by atoms with Crippen LogP contribution < -0.4 is 4.74 Å². The standard InChI is InChI=1S/C14H17NO3/c1-4-9-10-7-6-8-11(17-3)12(10)15-13(9)14(16)18-5-2/h6-8,15H,4-5H2,1-3H3. The average Bonchev–Trinajstić information content (AvgIpc) is 2.77. The van der Waals surface area contributed by atoms with E-state index in [1.54, 1.807) is 14.0 Å². The van der Waals surface area contributed by atoms with Gasteiger partial charge in [0.15, 0.2) is 0 Å². The lowest BCUT2D eigenvalue weighted by Gasteiger charge is -2.01. The smallest absolute Gasteiger partial charge is 0.355 e. The van der Waals surface area contributed by atoms with Crippen molar-refractivity contribution in [1.82, 2.24) is 4.98 Å². The number of ether oxygens (including phenoxy) is 2. The van der Waals surface area contributed by atoms with E-state index >= 15 is 0 Å². The minimum absolute atomic E-state index is 0.312. The van der Waals surface area contributed by atoms with E-state index in [4.69, 9.17) is 9.47 Å². The highest BCUT2D eigenvalue weighted by molar-refractivity contribution is 6.00. The molecular formula is C14H17NO3. The summed E-state index contributed by atoms with van der Waals surface area (Å²) < 4.78 is 10.4. The van der Waals surface area contributed by atoms with Gasteiger partial charge >= 0.3 is 5.97 Å². The van der Waals surface area contributed by atoms with Crippen LogP contribution in [0.25, 0.3) is 10.9 Å². The van der Waals surface area contributed by atoms with E-state index < -0.39 is 0 Å². The van der Waals surface area contributed by atoms with Gasteiger partial charge in [-0.25, -0.2) is 4.79 Å². The quantitative estimate of drug-likeness (QED) is 0.845. The van der Waals surface area contributed by atoms with E-state index in [-0.39, 0.29) is 5.97 Å². The molecule has 2 aromatic rings. The van der Waals surface area contributed by atoms with Crippen LogP contribution in [0.5, 0.6) is 5.75 Å². The van der Waals surface area contributed by atoms with Crippen LogP contribution in [0.2, 0.25) is 0 Å². The predicted octanol–water partition coefficient (Wildman–Crippen LogP) is 2.92. The number of fused-ring (bicyclic) bond motifs is 1. The summed E-state index contributed by atoms with van der Waals surface area (Å²) in [6.07, 6.45) is 0.765. The molecular weight excluding hydrogens is 230 g/mol. The number of hydrogen-bond acceptors (Lipinski definition) is 3. The predicted molar refractivity (Wildman–Crippen MR) is 70.2 cm³/mol. The lowest BCUT2D eigenvalue weighted by Crippen LogP contribution is -2.07. The van der Waals surface area contributed by atoms with Crippen molar-refractivity contribution >= 4 is 16.9 Å². The highest BCUT2D eigenvalue weighted by atomic mass is 16.5. The highest BCUT2D eigenvalue weighted by Crippen LogP contribution is 2.30. The lowest BCUT2D eigenvalue weighted by molar-refractivity contribution is 0.0519. The number of benzene rings is 1. The minimum atomic E-state index is -0.312. The number of methoxy groups -OCH3 is 1. The molecule has 0 aliphatic carbocycles. The average molecular weight is 247 g/mol. The van der Waals surface area contributed by atoms with E-state index in [2.05, 4.69) is 4.98 Å². The normalized spacial score (nSPS) is 10.6. The van der Waals surface area contributed by atoms with Gasteiger partial charge in [-0.1, -0.05) is 19.1 Å². The zero-order chi connectivity index (χ0) is 13.1. The van der Waals surface area contributed by atoms with Gasteiger partial charge < -0.3 is 14.5 Å². The molecule has 18 heavy (non-hydrogen) atoms. The summed E-state index contributed by atoms with van der Waals surface area (Å²) in [6.45, 7) is 4.19. The molecule has 1 heterocycles. The minimum Gasteiger partial charge on any atom is -0.495 e. The van der Waals surface area contributed by atoms with Gasteiger partial charge in [0.1, 0.15) is 11.4 Å². The van der Waals surface area contributed by atoms with Crippen molar-refractivity contribution in [3.05, 3.63) is 29.5 Å². The van der Waals surface area contributed by atoms with Crippen molar-refractivity contribution < 1.29 is 14.3 Å². The number of aromatic amines is 1. The molecule has 1 aromatic heterocycles. The highest BCUT2D eigenvalue weighted by Gasteiger charge is 2.19. The summed E-state index contributed by atoms with van der Waals surface area (Å²) in [7, 11) is 1.62. The summed E-state index contributed by atoms with van der Waals surface area (Å²) in [6, 6.07) is 5.77. The Bertz CT molecular complexity index is 572. The molecule has 0 spiro atoms. The second-order valence-electron chi connectivity index (χ2n) is 3.94. The monoisotopic (exact) mass is 247 g/mol. The molecule has 2 rings (SSSR count).